The number of pyridine rings is 1. The van der Waals surface area contributed by atoms with Crippen LogP contribution in [0, 0.1) is 0 Å². The van der Waals surface area contributed by atoms with Crippen LogP contribution in [0.2, 0.25) is 0 Å². The average Bonchev–Trinajstić information content (AvgIpc) is 2.87. The van der Waals surface area contributed by atoms with Crippen molar-refractivity contribution in [1.82, 2.24) is 14.8 Å². The largest absolute Gasteiger partial charge is 0.497 e. The van der Waals surface area contributed by atoms with Crippen LogP contribution in [0.5, 0.6) is 5.75 Å². The van der Waals surface area contributed by atoms with Crippen molar-refractivity contribution in [2.24, 2.45) is 0 Å². The third kappa shape index (κ3) is 4.90. The van der Waals surface area contributed by atoms with Gasteiger partial charge in [0.15, 0.2) is 0 Å². The van der Waals surface area contributed by atoms with Crippen molar-refractivity contribution in [3.63, 3.8) is 0 Å². The zero-order valence-corrected chi connectivity index (χ0v) is 19.1. The first-order chi connectivity index (χ1) is 16.1. The minimum Gasteiger partial charge on any atom is -0.497 e. The number of rotatable bonds is 7. The first-order valence-corrected chi connectivity index (χ1v) is 11.3. The fourth-order valence-electron chi connectivity index (χ4n) is 4.41. The maximum atomic E-state index is 13.5. The number of benzene rings is 2. The molecule has 4 rings (SSSR count). The van der Waals surface area contributed by atoms with Crippen molar-refractivity contribution >= 4 is 11.8 Å². The monoisotopic (exact) mass is 443 g/mol. The van der Waals surface area contributed by atoms with Gasteiger partial charge in [-0.2, -0.15) is 0 Å². The standard InChI is InChI=1S/C27H29N3O3/c1-3-15-29-16-17-30(26(31)22-8-6-9-23(18-22)33-2)25(27(29)32)19-21-7-4-5-10-24(21)20-11-13-28-14-12-20/h4-14,18,25H,3,15-17,19H2,1-2H3/t25-/m1/s1. The molecule has 1 saturated heterocycles. The van der Waals surface area contributed by atoms with Crippen LogP contribution >= 0.6 is 0 Å². The predicted octanol–water partition coefficient (Wildman–Crippen LogP) is 4.06. The lowest BCUT2D eigenvalue weighted by Crippen LogP contribution is -2.59. The molecule has 0 aliphatic carbocycles. The van der Waals surface area contributed by atoms with Crippen molar-refractivity contribution < 1.29 is 14.3 Å². The Balaban J connectivity index is 1.69. The summed E-state index contributed by atoms with van der Waals surface area (Å²) in [4.78, 5) is 34.8. The number of amides is 2. The van der Waals surface area contributed by atoms with Gasteiger partial charge in [-0.1, -0.05) is 37.3 Å². The van der Waals surface area contributed by atoms with E-state index in [1.54, 1.807) is 42.6 Å². The molecule has 0 bridgehead atoms. The van der Waals surface area contributed by atoms with Gasteiger partial charge >= 0.3 is 0 Å². The molecule has 2 heterocycles. The smallest absolute Gasteiger partial charge is 0.254 e. The fraction of sp³-hybridized carbons (Fsp3) is 0.296. The van der Waals surface area contributed by atoms with E-state index in [1.165, 1.54) is 0 Å². The van der Waals surface area contributed by atoms with E-state index in [0.29, 0.717) is 37.4 Å². The zero-order valence-electron chi connectivity index (χ0n) is 19.1. The molecule has 0 unspecified atom stereocenters. The molecule has 1 aromatic heterocycles. The van der Waals surface area contributed by atoms with Gasteiger partial charge in [0.25, 0.3) is 5.91 Å². The molecule has 0 spiro atoms. The van der Waals surface area contributed by atoms with Crippen LogP contribution < -0.4 is 4.74 Å². The van der Waals surface area contributed by atoms with Crippen LogP contribution in [0.1, 0.15) is 29.3 Å². The Morgan fingerprint density at radius 1 is 1.06 bits per heavy atom. The van der Waals surface area contributed by atoms with Crippen LogP contribution in [-0.4, -0.2) is 59.4 Å². The van der Waals surface area contributed by atoms with Crippen LogP contribution in [0.3, 0.4) is 0 Å². The number of methoxy groups -OCH3 is 1. The second kappa shape index (κ2) is 10.3. The van der Waals surface area contributed by atoms with Crippen molar-refractivity contribution in [1.29, 1.82) is 0 Å². The molecule has 33 heavy (non-hydrogen) atoms. The van der Waals surface area contributed by atoms with Gasteiger partial charge < -0.3 is 14.5 Å². The molecule has 1 aliphatic rings. The van der Waals surface area contributed by atoms with Gasteiger partial charge in [-0.3, -0.25) is 14.6 Å². The number of carbonyl (C=O) groups excluding carboxylic acids is 2. The first-order valence-electron chi connectivity index (χ1n) is 11.3. The van der Waals surface area contributed by atoms with Gasteiger partial charge in [0.1, 0.15) is 11.8 Å². The van der Waals surface area contributed by atoms with Crippen LogP contribution in [0.25, 0.3) is 11.1 Å². The lowest BCUT2D eigenvalue weighted by atomic mass is 9.93. The number of aromatic nitrogens is 1. The Bertz CT molecular complexity index is 1120. The average molecular weight is 444 g/mol. The predicted molar refractivity (Wildman–Crippen MR) is 128 cm³/mol. The molecular weight excluding hydrogens is 414 g/mol. The quantitative estimate of drug-likeness (QED) is 0.552. The minimum atomic E-state index is -0.563. The van der Waals surface area contributed by atoms with Gasteiger partial charge in [0.05, 0.1) is 7.11 Å². The summed E-state index contributed by atoms with van der Waals surface area (Å²) in [5.41, 5.74) is 3.65. The van der Waals surface area contributed by atoms with E-state index in [9.17, 15) is 9.59 Å². The van der Waals surface area contributed by atoms with Crippen molar-refractivity contribution in [2.45, 2.75) is 25.8 Å². The van der Waals surface area contributed by atoms with Crippen LogP contribution in [0.4, 0.5) is 0 Å². The summed E-state index contributed by atoms with van der Waals surface area (Å²) >= 11 is 0. The number of hydrogen-bond acceptors (Lipinski definition) is 4. The minimum absolute atomic E-state index is 0.00359. The van der Waals surface area contributed by atoms with Gasteiger partial charge in [-0.25, -0.2) is 0 Å². The Morgan fingerprint density at radius 3 is 2.61 bits per heavy atom. The fourth-order valence-corrected chi connectivity index (χ4v) is 4.41. The van der Waals surface area contributed by atoms with Gasteiger partial charge in [0.2, 0.25) is 5.91 Å². The SMILES string of the molecule is CCCN1CCN(C(=O)c2cccc(OC)c2)[C@H](Cc2ccccc2-c2ccncc2)C1=O. The molecule has 3 aromatic rings. The molecule has 0 saturated carbocycles. The lowest BCUT2D eigenvalue weighted by molar-refractivity contribution is -0.140. The summed E-state index contributed by atoms with van der Waals surface area (Å²) in [6.45, 7) is 3.81. The summed E-state index contributed by atoms with van der Waals surface area (Å²) in [5.74, 6) is 0.477. The van der Waals surface area contributed by atoms with E-state index < -0.39 is 6.04 Å². The number of piperazine rings is 1. The Kier molecular flexibility index (Phi) is 7.03. The van der Waals surface area contributed by atoms with Crippen molar-refractivity contribution in [2.75, 3.05) is 26.7 Å². The van der Waals surface area contributed by atoms with Gasteiger partial charge in [-0.05, 0) is 53.4 Å². The van der Waals surface area contributed by atoms with Crippen LogP contribution in [0.15, 0.2) is 73.1 Å². The Morgan fingerprint density at radius 2 is 1.85 bits per heavy atom. The van der Waals surface area contributed by atoms with Crippen LogP contribution in [-0.2, 0) is 11.2 Å². The lowest BCUT2D eigenvalue weighted by Gasteiger charge is -2.41. The highest BCUT2D eigenvalue weighted by Crippen LogP contribution is 2.27. The van der Waals surface area contributed by atoms with E-state index in [-0.39, 0.29) is 11.8 Å². The molecule has 2 amide bonds. The maximum Gasteiger partial charge on any atom is 0.254 e. The molecule has 0 N–H and O–H groups in total. The van der Waals surface area contributed by atoms with E-state index in [0.717, 1.165) is 23.1 Å². The molecule has 6 nitrogen and oxygen atoms in total. The molecular formula is C27H29N3O3. The highest BCUT2D eigenvalue weighted by Gasteiger charge is 2.37. The molecule has 1 fully saturated rings. The highest BCUT2D eigenvalue weighted by molar-refractivity contribution is 5.98. The summed E-state index contributed by atoms with van der Waals surface area (Å²) in [5, 5.41) is 0. The third-order valence-corrected chi connectivity index (χ3v) is 6.08. The topological polar surface area (TPSA) is 62.7 Å². The molecule has 1 aliphatic heterocycles. The zero-order chi connectivity index (χ0) is 23.2. The van der Waals surface area contributed by atoms with Crippen molar-refractivity contribution in [3.05, 3.63) is 84.2 Å². The number of carbonyl (C=O) groups is 2. The second-order valence-corrected chi connectivity index (χ2v) is 8.17. The number of hydrogen-bond donors (Lipinski definition) is 0. The number of nitrogens with zero attached hydrogens (tertiary/aromatic N) is 3. The van der Waals surface area contributed by atoms with E-state index in [4.69, 9.17) is 4.74 Å². The second-order valence-electron chi connectivity index (χ2n) is 8.17. The Labute approximate surface area is 194 Å². The molecule has 170 valence electrons. The third-order valence-electron chi connectivity index (χ3n) is 6.08. The summed E-state index contributed by atoms with van der Waals surface area (Å²) in [6.07, 6.45) is 4.86. The van der Waals surface area contributed by atoms with E-state index in [1.807, 2.05) is 41.3 Å². The highest BCUT2D eigenvalue weighted by atomic mass is 16.5. The van der Waals surface area contributed by atoms with Crippen molar-refractivity contribution in [3.8, 4) is 16.9 Å². The van der Waals surface area contributed by atoms with Gasteiger partial charge in [-0.15, -0.1) is 0 Å². The van der Waals surface area contributed by atoms with E-state index >= 15 is 0 Å². The number of ether oxygens (including phenoxy) is 1. The normalized spacial score (nSPS) is 16.1. The Hall–Kier alpha value is -3.67. The van der Waals surface area contributed by atoms with Gasteiger partial charge in [0, 0.05) is 44.0 Å². The summed E-state index contributed by atoms with van der Waals surface area (Å²) in [7, 11) is 1.58. The molecule has 6 heteroatoms. The summed E-state index contributed by atoms with van der Waals surface area (Å²) < 4.78 is 5.30. The van der Waals surface area contributed by atoms with E-state index in [2.05, 4.69) is 18.0 Å². The molecule has 0 radical (unpaired) electrons. The first kappa shape index (κ1) is 22.5. The molecule has 1 atom stereocenters. The molecule has 2 aromatic carbocycles. The summed E-state index contributed by atoms with van der Waals surface area (Å²) in [6, 6.07) is 18.5. The maximum absolute atomic E-state index is 13.5.